The number of rotatable bonds is 0. The maximum Gasteiger partial charge on any atom is -0.0170 e. The summed E-state index contributed by atoms with van der Waals surface area (Å²) >= 11 is 0. The lowest BCUT2D eigenvalue weighted by Crippen LogP contribution is -2.09. The molecule has 0 bridgehead atoms. The van der Waals surface area contributed by atoms with E-state index in [4.69, 9.17) is 0 Å². The standard InChI is InChI=1S/C7H10.C2H6.CH4/c1-2-6-4-5-7(6)3-1;1-2;/h4-7H,1-3H2;1-2H3;1H4. The van der Waals surface area contributed by atoms with Crippen molar-refractivity contribution in [3.05, 3.63) is 12.2 Å². The Morgan fingerprint density at radius 3 is 1.60 bits per heavy atom. The van der Waals surface area contributed by atoms with Crippen LogP contribution in [0.25, 0.3) is 0 Å². The Hall–Kier alpha value is -0.260. The van der Waals surface area contributed by atoms with Crippen molar-refractivity contribution in [2.24, 2.45) is 11.8 Å². The lowest BCUT2D eigenvalue weighted by Gasteiger charge is -2.19. The van der Waals surface area contributed by atoms with Crippen molar-refractivity contribution in [3.8, 4) is 0 Å². The molecule has 0 aromatic rings. The summed E-state index contributed by atoms with van der Waals surface area (Å²) in [6.07, 6.45) is 9.14. The predicted octanol–water partition coefficient (Wildman–Crippen LogP) is 3.63. The molecule has 1 fully saturated rings. The van der Waals surface area contributed by atoms with Gasteiger partial charge in [0.1, 0.15) is 0 Å². The molecule has 0 aliphatic heterocycles. The Morgan fingerprint density at radius 1 is 1.00 bits per heavy atom. The molecule has 0 radical (unpaired) electrons. The molecule has 2 rings (SSSR count). The molecule has 0 amide bonds. The van der Waals surface area contributed by atoms with E-state index in [1.807, 2.05) is 13.8 Å². The topological polar surface area (TPSA) is 0 Å². The van der Waals surface area contributed by atoms with E-state index >= 15 is 0 Å². The van der Waals surface area contributed by atoms with Crippen LogP contribution in [0.4, 0.5) is 0 Å². The van der Waals surface area contributed by atoms with Gasteiger partial charge in [-0.2, -0.15) is 0 Å². The average Bonchev–Trinajstić information content (AvgIpc) is 2.17. The molecular formula is C10H20. The third kappa shape index (κ3) is 1.62. The van der Waals surface area contributed by atoms with Gasteiger partial charge in [0.15, 0.2) is 0 Å². The minimum atomic E-state index is 0. The second-order valence-corrected chi connectivity index (χ2v) is 2.64. The van der Waals surface area contributed by atoms with Crippen LogP contribution >= 0.6 is 0 Å². The zero-order valence-electron chi connectivity index (χ0n) is 6.43. The molecule has 0 nitrogen and oxygen atoms in total. The number of allylic oxidation sites excluding steroid dienone is 2. The van der Waals surface area contributed by atoms with E-state index in [-0.39, 0.29) is 7.43 Å². The van der Waals surface area contributed by atoms with Gasteiger partial charge in [-0.3, -0.25) is 0 Å². The fourth-order valence-corrected chi connectivity index (χ4v) is 1.64. The minimum Gasteiger partial charge on any atom is -0.0845 e. The molecule has 0 heterocycles. The summed E-state index contributed by atoms with van der Waals surface area (Å²) in [5.74, 6) is 2.03. The minimum absolute atomic E-state index is 0. The van der Waals surface area contributed by atoms with Crippen molar-refractivity contribution in [3.63, 3.8) is 0 Å². The normalized spacial score (nSPS) is 32.6. The van der Waals surface area contributed by atoms with Crippen LogP contribution in [-0.4, -0.2) is 0 Å². The summed E-state index contributed by atoms with van der Waals surface area (Å²) in [7, 11) is 0. The van der Waals surface area contributed by atoms with Crippen LogP contribution < -0.4 is 0 Å². The van der Waals surface area contributed by atoms with E-state index in [0.717, 1.165) is 11.8 Å². The van der Waals surface area contributed by atoms with Crippen molar-refractivity contribution in [1.29, 1.82) is 0 Å². The second-order valence-electron chi connectivity index (χ2n) is 2.64. The van der Waals surface area contributed by atoms with Crippen LogP contribution in [0.2, 0.25) is 0 Å². The molecule has 2 aliphatic carbocycles. The second kappa shape index (κ2) is 4.54. The van der Waals surface area contributed by atoms with Crippen LogP contribution in [0.5, 0.6) is 0 Å². The lowest BCUT2D eigenvalue weighted by molar-refractivity contribution is 0.501. The Bertz CT molecular complexity index is 90.6. The summed E-state index contributed by atoms with van der Waals surface area (Å²) in [6.45, 7) is 4.00. The van der Waals surface area contributed by atoms with Crippen LogP contribution in [-0.2, 0) is 0 Å². The van der Waals surface area contributed by atoms with Gasteiger partial charge in [-0.05, 0) is 24.7 Å². The SMILES string of the molecule is C.C1=CC2CCCC12.CC. The highest BCUT2D eigenvalue weighted by molar-refractivity contribution is 5.11. The first-order valence-corrected chi connectivity index (χ1v) is 4.15. The van der Waals surface area contributed by atoms with Gasteiger partial charge in [0.2, 0.25) is 0 Å². The van der Waals surface area contributed by atoms with Crippen molar-refractivity contribution in [2.45, 2.75) is 40.5 Å². The Morgan fingerprint density at radius 2 is 1.40 bits per heavy atom. The van der Waals surface area contributed by atoms with E-state index in [9.17, 15) is 0 Å². The number of fused-ring (bicyclic) bond motifs is 1. The number of hydrogen-bond donors (Lipinski definition) is 0. The van der Waals surface area contributed by atoms with Gasteiger partial charge in [-0.1, -0.05) is 39.8 Å². The summed E-state index contributed by atoms with van der Waals surface area (Å²) < 4.78 is 0. The first-order valence-electron chi connectivity index (χ1n) is 4.15. The Kier molecular flexibility index (Phi) is 4.42. The van der Waals surface area contributed by atoms with E-state index < -0.39 is 0 Å². The average molecular weight is 140 g/mol. The van der Waals surface area contributed by atoms with Gasteiger partial charge in [-0.15, -0.1) is 0 Å². The third-order valence-corrected chi connectivity index (χ3v) is 2.23. The van der Waals surface area contributed by atoms with E-state index in [0.29, 0.717) is 0 Å². The van der Waals surface area contributed by atoms with Gasteiger partial charge in [0.25, 0.3) is 0 Å². The summed E-state index contributed by atoms with van der Waals surface area (Å²) in [5, 5.41) is 0. The van der Waals surface area contributed by atoms with E-state index in [1.54, 1.807) is 0 Å². The molecule has 60 valence electrons. The van der Waals surface area contributed by atoms with Crippen molar-refractivity contribution in [1.82, 2.24) is 0 Å². The summed E-state index contributed by atoms with van der Waals surface area (Å²) in [6, 6.07) is 0. The number of hydrogen-bond acceptors (Lipinski definition) is 0. The molecule has 2 aliphatic rings. The van der Waals surface area contributed by atoms with Crippen molar-refractivity contribution in [2.75, 3.05) is 0 Å². The van der Waals surface area contributed by atoms with Crippen molar-refractivity contribution < 1.29 is 0 Å². The highest BCUT2D eigenvalue weighted by atomic mass is 14.3. The third-order valence-electron chi connectivity index (χ3n) is 2.23. The maximum absolute atomic E-state index is 2.36. The largest absolute Gasteiger partial charge is 0.0845 e. The van der Waals surface area contributed by atoms with E-state index in [1.165, 1.54) is 19.3 Å². The molecule has 1 saturated carbocycles. The highest BCUT2D eigenvalue weighted by Gasteiger charge is 2.28. The highest BCUT2D eigenvalue weighted by Crippen LogP contribution is 2.39. The zero-order valence-corrected chi connectivity index (χ0v) is 6.43. The monoisotopic (exact) mass is 140 g/mol. The quantitative estimate of drug-likeness (QED) is 0.451. The maximum atomic E-state index is 2.36. The molecule has 2 atom stereocenters. The van der Waals surface area contributed by atoms with Crippen LogP contribution in [0, 0.1) is 11.8 Å². The van der Waals surface area contributed by atoms with Gasteiger partial charge in [0.05, 0.1) is 0 Å². The first-order chi connectivity index (χ1) is 4.47. The van der Waals surface area contributed by atoms with E-state index in [2.05, 4.69) is 12.2 Å². The molecular weight excluding hydrogens is 120 g/mol. The van der Waals surface area contributed by atoms with Crippen molar-refractivity contribution >= 4 is 0 Å². The molecule has 10 heavy (non-hydrogen) atoms. The smallest absolute Gasteiger partial charge is 0.0170 e. The van der Waals surface area contributed by atoms with Crippen LogP contribution in [0.1, 0.15) is 40.5 Å². The summed E-state index contributed by atoms with van der Waals surface area (Å²) in [5.41, 5.74) is 0. The van der Waals surface area contributed by atoms with Gasteiger partial charge in [-0.25, -0.2) is 0 Å². The molecule has 0 aromatic carbocycles. The molecule has 2 unspecified atom stereocenters. The molecule has 0 aromatic heterocycles. The van der Waals surface area contributed by atoms with Crippen LogP contribution in [0.15, 0.2) is 12.2 Å². The van der Waals surface area contributed by atoms with Gasteiger partial charge in [0, 0.05) is 0 Å². The Balaban J connectivity index is 0.000000251. The first kappa shape index (κ1) is 9.74. The molecule has 0 saturated heterocycles. The molecule has 0 heteroatoms. The van der Waals surface area contributed by atoms with Gasteiger partial charge >= 0.3 is 0 Å². The zero-order chi connectivity index (χ0) is 6.69. The lowest BCUT2D eigenvalue weighted by atomic mass is 9.86. The fraction of sp³-hybridized carbons (Fsp3) is 0.800. The van der Waals surface area contributed by atoms with Crippen LogP contribution in [0.3, 0.4) is 0 Å². The molecule has 0 N–H and O–H groups in total. The fourth-order valence-electron chi connectivity index (χ4n) is 1.64. The predicted molar refractivity (Wildman–Crippen MR) is 48.1 cm³/mol. The summed E-state index contributed by atoms with van der Waals surface area (Å²) in [4.78, 5) is 0. The molecule has 0 spiro atoms. The van der Waals surface area contributed by atoms with Gasteiger partial charge < -0.3 is 0 Å². The Labute approximate surface area is 65.3 Å².